The lowest BCUT2D eigenvalue weighted by Gasteiger charge is -2.62. The normalized spacial score (nSPS) is 40.5. The quantitative estimate of drug-likeness (QED) is 0.340. The molecule has 0 spiro atoms. The minimum absolute atomic E-state index is 0.172. The van der Waals surface area contributed by atoms with Crippen molar-refractivity contribution in [3.05, 3.63) is 36.0 Å². The molecule has 1 heterocycles. The molecule has 4 aliphatic rings. The first-order valence-corrected chi connectivity index (χ1v) is 15.9. The van der Waals surface area contributed by atoms with E-state index >= 15 is 0 Å². The number of aliphatic hydroxyl groups excluding tert-OH is 2. The first-order valence-electron chi connectivity index (χ1n) is 15.9. The number of benzene rings is 1. The van der Waals surface area contributed by atoms with Crippen molar-refractivity contribution >= 4 is 16.8 Å². The number of carbonyl (C=O) groups is 1. The Hall–Kier alpha value is -1.85. The van der Waals surface area contributed by atoms with E-state index in [0.717, 1.165) is 44.0 Å². The van der Waals surface area contributed by atoms with Crippen molar-refractivity contribution in [2.75, 3.05) is 6.54 Å². The lowest BCUT2D eigenvalue weighted by molar-refractivity contribution is -0.174. The number of carbonyl (C=O) groups excluding carboxylic acids is 1. The van der Waals surface area contributed by atoms with Crippen LogP contribution in [0.5, 0.6) is 0 Å². The Labute approximate surface area is 234 Å². The van der Waals surface area contributed by atoms with Crippen molar-refractivity contribution in [1.29, 1.82) is 0 Å². The van der Waals surface area contributed by atoms with Crippen LogP contribution in [0.1, 0.15) is 90.5 Å². The molecule has 0 saturated heterocycles. The first-order chi connectivity index (χ1) is 18.7. The number of aromatic nitrogens is 1. The van der Waals surface area contributed by atoms with Gasteiger partial charge in [0.25, 0.3) is 0 Å². The molecule has 1 aromatic carbocycles. The van der Waals surface area contributed by atoms with E-state index in [-0.39, 0.29) is 28.9 Å². The molecule has 39 heavy (non-hydrogen) atoms. The van der Waals surface area contributed by atoms with Crippen molar-refractivity contribution < 1.29 is 15.0 Å². The third-order valence-corrected chi connectivity index (χ3v) is 12.6. The molecule has 5 nitrogen and oxygen atoms in total. The summed E-state index contributed by atoms with van der Waals surface area (Å²) in [6, 6.07) is 8.33. The highest BCUT2D eigenvalue weighted by molar-refractivity contribution is 5.83. The number of H-pyrrole nitrogens is 1. The summed E-state index contributed by atoms with van der Waals surface area (Å²) in [5.74, 6) is 3.38. The smallest absolute Gasteiger partial charge is 0.220 e. The number of aliphatic hydroxyl groups is 2. The zero-order valence-corrected chi connectivity index (χ0v) is 24.3. The molecule has 10 unspecified atom stereocenters. The Morgan fingerprint density at radius 3 is 2.67 bits per heavy atom. The van der Waals surface area contributed by atoms with E-state index in [1.165, 1.54) is 36.6 Å². The largest absolute Gasteiger partial charge is 0.393 e. The van der Waals surface area contributed by atoms with Crippen LogP contribution in [0, 0.1) is 46.3 Å². The van der Waals surface area contributed by atoms with Crippen molar-refractivity contribution in [2.45, 2.75) is 104 Å². The summed E-state index contributed by atoms with van der Waals surface area (Å²) in [6.07, 6.45) is 12.8. The number of hydrogen-bond donors (Lipinski definition) is 4. The molecule has 10 atom stereocenters. The number of amides is 1. The highest BCUT2D eigenvalue weighted by atomic mass is 16.3. The van der Waals surface area contributed by atoms with Gasteiger partial charge in [0.05, 0.1) is 12.2 Å². The summed E-state index contributed by atoms with van der Waals surface area (Å²) in [6.45, 7) is 8.06. The van der Waals surface area contributed by atoms with Crippen LogP contribution in [-0.2, 0) is 11.2 Å². The second-order valence-electron chi connectivity index (χ2n) is 14.4. The zero-order valence-electron chi connectivity index (χ0n) is 24.3. The number of fused-ring (bicyclic) bond motifs is 6. The predicted octanol–water partition coefficient (Wildman–Crippen LogP) is 6.23. The maximum Gasteiger partial charge on any atom is 0.220 e. The standard InChI is InChI=1S/C34H50N2O3/c1-21(8-11-31(39)35-17-14-22-20-36-29-7-5-4-6-25(22)29)26-9-10-27-32-28(13-16-34(26,27)3)33(2)15-12-24(37)18-23(33)19-30(32)38/h4-7,20-21,23-24,26-28,30,32,36-38H,8-19H2,1-3H3,(H,35,39). The van der Waals surface area contributed by atoms with Crippen LogP contribution in [0.2, 0.25) is 0 Å². The van der Waals surface area contributed by atoms with Gasteiger partial charge < -0.3 is 20.5 Å². The van der Waals surface area contributed by atoms with Gasteiger partial charge in [0.1, 0.15) is 0 Å². The van der Waals surface area contributed by atoms with Crippen molar-refractivity contribution in [3.8, 4) is 0 Å². The monoisotopic (exact) mass is 534 g/mol. The third-order valence-electron chi connectivity index (χ3n) is 12.6. The van der Waals surface area contributed by atoms with Gasteiger partial charge in [0.15, 0.2) is 0 Å². The summed E-state index contributed by atoms with van der Waals surface area (Å²) >= 11 is 0. The van der Waals surface area contributed by atoms with Gasteiger partial charge in [-0.3, -0.25) is 4.79 Å². The van der Waals surface area contributed by atoms with Crippen LogP contribution < -0.4 is 5.32 Å². The van der Waals surface area contributed by atoms with Crippen molar-refractivity contribution in [1.82, 2.24) is 10.3 Å². The van der Waals surface area contributed by atoms with E-state index < -0.39 is 0 Å². The number of rotatable bonds is 7. The number of para-hydroxylation sites is 1. The maximum absolute atomic E-state index is 12.8. The summed E-state index contributed by atoms with van der Waals surface area (Å²) in [4.78, 5) is 16.1. The zero-order chi connectivity index (χ0) is 27.4. The maximum atomic E-state index is 12.8. The van der Waals surface area contributed by atoms with Crippen LogP contribution in [0.3, 0.4) is 0 Å². The fourth-order valence-corrected chi connectivity index (χ4v) is 10.5. The number of hydrogen-bond acceptors (Lipinski definition) is 3. The van der Waals surface area contributed by atoms with E-state index in [4.69, 9.17) is 0 Å². The highest BCUT2D eigenvalue weighted by Crippen LogP contribution is 2.68. The molecule has 1 amide bonds. The van der Waals surface area contributed by atoms with Crippen LogP contribution in [0.4, 0.5) is 0 Å². The van der Waals surface area contributed by atoms with Crippen LogP contribution in [0.15, 0.2) is 30.5 Å². The second kappa shape index (κ2) is 10.5. The van der Waals surface area contributed by atoms with Crippen LogP contribution >= 0.6 is 0 Å². The van der Waals surface area contributed by atoms with E-state index in [1.54, 1.807) is 0 Å². The Morgan fingerprint density at radius 1 is 1.05 bits per heavy atom. The first kappa shape index (κ1) is 27.3. The lowest BCUT2D eigenvalue weighted by atomic mass is 9.43. The molecule has 4 fully saturated rings. The average Bonchev–Trinajstić information content (AvgIpc) is 3.49. The Balaban J connectivity index is 1.04. The van der Waals surface area contributed by atoms with Crippen LogP contribution in [-0.4, -0.2) is 39.9 Å². The molecule has 4 aliphatic carbocycles. The molecule has 5 heteroatoms. The summed E-state index contributed by atoms with van der Waals surface area (Å²) in [7, 11) is 0. The lowest BCUT2D eigenvalue weighted by Crippen LogP contribution is -2.58. The number of aromatic amines is 1. The van der Waals surface area contributed by atoms with Gasteiger partial charge in [-0.2, -0.15) is 0 Å². The van der Waals surface area contributed by atoms with Gasteiger partial charge in [0, 0.05) is 30.1 Å². The third kappa shape index (κ3) is 4.76. The molecule has 6 rings (SSSR count). The fraction of sp³-hybridized carbons (Fsp3) is 0.735. The van der Waals surface area contributed by atoms with Crippen LogP contribution in [0.25, 0.3) is 10.9 Å². The minimum atomic E-state index is -0.222. The van der Waals surface area contributed by atoms with E-state index in [1.807, 2.05) is 6.07 Å². The summed E-state index contributed by atoms with van der Waals surface area (Å²) in [5, 5.41) is 26.2. The van der Waals surface area contributed by atoms with Gasteiger partial charge in [-0.15, -0.1) is 0 Å². The van der Waals surface area contributed by atoms with E-state index in [2.05, 4.69) is 55.5 Å². The molecule has 0 bridgehead atoms. The molecule has 0 radical (unpaired) electrons. The van der Waals surface area contributed by atoms with Crippen molar-refractivity contribution in [2.24, 2.45) is 46.3 Å². The SMILES string of the molecule is CC(CCC(=O)NCCc1c[nH]c2ccccc12)C1CCC2C3C(O)CC4CC(O)CCC4(C)C3CCC12C. The second-order valence-corrected chi connectivity index (χ2v) is 14.4. The summed E-state index contributed by atoms with van der Waals surface area (Å²) in [5.41, 5.74) is 2.95. The van der Waals surface area contributed by atoms with Crippen molar-refractivity contribution in [3.63, 3.8) is 0 Å². The Morgan fingerprint density at radius 2 is 1.82 bits per heavy atom. The molecule has 1 aromatic heterocycles. The van der Waals surface area contributed by atoms with Gasteiger partial charge in [-0.05, 0) is 122 Å². The van der Waals surface area contributed by atoms with Gasteiger partial charge in [-0.1, -0.05) is 39.0 Å². The molecular weight excluding hydrogens is 484 g/mol. The topological polar surface area (TPSA) is 85.4 Å². The van der Waals surface area contributed by atoms with Gasteiger partial charge in [-0.25, -0.2) is 0 Å². The minimum Gasteiger partial charge on any atom is -0.393 e. The molecule has 2 aromatic rings. The van der Waals surface area contributed by atoms with Gasteiger partial charge in [0.2, 0.25) is 5.91 Å². The predicted molar refractivity (Wildman–Crippen MR) is 156 cm³/mol. The number of nitrogens with one attached hydrogen (secondary N) is 2. The Bertz CT molecular complexity index is 1180. The molecule has 4 saturated carbocycles. The molecule has 0 aliphatic heterocycles. The van der Waals surface area contributed by atoms with E-state index in [9.17, 15) is 15.0 Å². The highest BCUT2D eigenvalue weighted by Gasteiger charge is 2.62. The van der Waals surface area contributed by atoms with E-state index in [0.29, 0.717) is 48.5 Å². The fourth-order valence-electron chi connectivity index (χ4n) is 10.5. The Kier molecular flexibility index (Phi) is 7.37. The molecular formula is C34H50N2O3. The van der Waals surface area contributed by atoms with Gasteiger partial charge >= 0.3 is 0 Å². The molecule has 214 valence electrons. The average molecular weight is 535 g/mol. The summed E-state index contributed by atoms with van der Waals surface area (Å²) < 4.78 is 0. The molecule has 4 N–H and O–H groups in total.